The summed E-state index contributed by atoms with van der Waals surface area (Å²) in [5, 5.41) is 9.39. The lowest BCUT2D eigenvalue weighted by molar-refractivity contribution is -0.524. The van der Waals surface area contributed by atoms with Crippen LogP contribution in [0.3, 0.4) is 0 Å². The zero-order chi connectivity index (χ0) is 28.8. The predicted molar refractivity (Wildman–Crippen MR) is 136 cm³/mol. The van der Waals surface area contributed by atoms with Gasteiger partial charge in [-0.2, -0.15) is 17.7 Å². The first-order valence-corrected chi connectivity index (χ1v) is 13.3. The lowest BCUT2D eigenvalue weighted by Crippen LogP contribution is -2.53. The summed E-state index contributed by atoms with van der Waals surface area (Å²) in [4.78, 5) is 43.2. The fraction of sp³-hybridized carbons (Fsp3) is 0.577. The number of amides is 1. The van der Waals surface area contributed by atoms with Crippen LogP contribution in [-0.4, -0.2) is 80.5 Å². The molecule has 212 valence electrons. The van der Waals surface area contributed by atoms with Crippen LogP contribution in [0.4, 0.5) is 13.2 Å². The summed E-state index contributed by atoms with van der Waals surface area (Å²) in [5.41, 5.74) is -3.56. The van der Waals surface area contributed by atoms with Gasteiger partial charge in [-0.1, -0.05) is 23.2 Å². The molecule has 0 spiro atoms. The largest absolute Gasteiger partial charge is 0.481 e. The third-order valence-electron chi connectivity index (χ3n) is 7.83. The summed E-state index contributed by atoms with van der Waals surface area (Å²) < 4.78 is 49.6. The number of rotatable bonds is 8. The Morgan fingerprint density at radius 1 is 1.15 bits per heavy atom. The van der Waals surface area contributed by atoms with E-state index in [2.05, 4.69) is 4.98 Å². The number of ketones is 1. The molecule has 1 atom stereocenters. The Labute approximate surface area is 233 Å². The molecule has 8 nitrogen and oxygen atoms in total. The molecule has 1 amide bonds. The quantitative estimate of drug-likeness (QED) is 0.341. The maximum Gasteiger partial charge on any atom is 0.478 e. The number of carbonyl (C=O) groups is 3. The van der Waals surface area contributed by atoms with E-state index >= 15 is 0 Å². The standard InChI is InChI=1S/C26H28Cl2F3N3O5/c1-24(23(37)38)7-4-15(5-8-24)34-12-16(21(34)26(29,30)31)22(36)33(14-25(2)6-3-9-39-25)13-19(35)20-17(27)10-32-11-18(20)28/h10-12,15H,3-9,13-14H2,1-2H3/p+1. The zero-order valence-electron chi connectivity index (χ0n) is 21.5. The van der Waals surface area contributed by atoms with Crippen molar-refractivity contribution in [3.05, 3.63) is 39.8 Å². The van der Waals surface area contributed by atoms with E-state index in [0.29, 0.717) is 19.4 Å². The molecule has 3 heterocycles. The Hall–Kier alpha value is -2.50. The van der Waals surface area contributed by atoms with Crippen LogP contribution >= 0.6 is 23.2 Å². The highest BCUT2D eigenvalue weighted by Crippen LogP contribution is 2.40. The van der Waals surface area contributed by atoms with E-state index in [1.54, 1.807) is 13.8 Å². The van der Waals surface area contributed by atoms with Gasteiger partial charge in [-0.3, -0.25) is 19.4 Å². The Morgan fingerprint density at radius 3 is 2.28 bits per heavy atom. The van der Waals surface area contributed by atoms with E-state index in [4.69, 9.17) is 27.9 Å². The Bertz CT molecular complexity index is 1230. The van der Waals surface area contributed by atoms with E-state index in [0.717, 1.165) is 15.7 Å². The first kappa shape index (κ1) is 29.5. The zero-order valence-corrected chi connectivity index (χ0v) is 23.0. The number of carbonyl (C=O) groups excluding carboxylic acids is 2. The van der Waals surface area contributed by atoms with Gasteiger partial charge in [0.2, 0.25) is 0 Å². The molecule has 1 unspecified atom stereocenters. The Kier molecular flexibility index (Phi) is 8.18. The number of ether oxygens (including phenoxy) is 1. The van der Waals surface area contributed by atoms with Crippen LogP contribution < -0.4 is 0 Å². The van der Waals surface area contributed by atoms with Gasteiger partial charge in [0.15, 0.2) is 23.6 Å². The number of aromatic nitrogens is 1. The summed E-state index contributed by atoms with van der Waals surface area (Å²) in [6, 6.07) is -0.592. The molecular weight excluding hydrogens is 562 g/mol. The number of carboxylic acids is 1. The fourth-order valence-electron chi connectivity index (χ4n) is 5.48. The summed E-state index contributed by atoms with van der Waals surface area (Å²) in [6.45, 7) is 3.09. The van der Waals surface area contributed by atoms with E-state index < -0.39 is 58.7 Å². The first-order valence-electron chi connectivity index (χ1n) is 12.6. The van der Waals surface area contributed by atoms with Gasteiger partial charge in [-0.15, -0.1) is 0 Å². The highest BCUT2D eigenvalue weighted by molar-refractivity contribution is 6.39. The second-order valence-electron chi connectivity index (χ2n) is 10.9. The summed E-state index contributed by atoms with van der Waals surface area (Å²) in [5.74, 6) is -2.59. The molecule has 1 aromatic heterocycles. The van der Waals surface area contributed by atoms with Crippen molar-refractivity contribution < 1.29 is 42.0 Å². The monoisotopic (exact) mass is 590 g/mol. The van der Waals surface area contributed by atoms with Gasteiger partial charge >= 0.3 is 17.9 Å². The lowest BCUT2D eigenvalue weighted by atomic mass is 9.73. The minimum absolute atomic E-state index is 0.0366. The molecule has 1 saturated heterocycles. The average Bonchev–Trinajstić information content (AvgIpc) is 3.24. The van der Waals surface area contributed by atoms with Crippen molar-refractivity contribution >= 4 is 46.6 Å². The molecule has 39 heavy (non-hydrogen) atoms. The smallest absolute Gasteiger partial charge is 0.478 e. The molecule has 0 radical (unpaired) electrons. The van der Waals surface area contributed by atoms with Crippen LogP contribution in [0.1, 0.15) is 62.7 Å². The lowest BCUT2D eigenvalue weighted by Gasteiger charge is -2.35. The van der Waals surface area contributed by atoms with Crippen LogP contribution in [0, 0.1) is 5.41 Å². The Balaban J connectivity index is 1.61. The van der Waals surface area contributed by atoms with E-state index in [1.807, 2.05) is 0 Å². The second kappa shape index (κ2) is 10.8. The van der Waals surface area contributed by atoms with Crippen LogP contribution in [0.15, 0.2) is 24.2 Å². The van der Waals surface area contributed by atoms with Crippen LogP contribution in [-0.2, 0) is 14.3 Å². The Morgan fingerprint density at radius 2 is 1.77 bits per heavy atom. The molecule has 13 heteroatoms. The molecule has 1 saturated carbocycles. The first-order chi connectivity index (χ1) is 18.2. The third kappa shape index (κ3) is 6.00. The maximum atomic E-state index is 14.3. The average molecular weight is 591 g/mol. The summed E-state index contributed by atoms with van der Waals surface area (Å²) in [6.07, 6.45) is 0.918. The van der Waals surface area contributed by atoms with E-state index in [1.165, 1.54) is 12.4 Å². The van der Waals surface area contributed by atoms with Gasteiger partial charge in [0, 0.05) is 31.8 Å². The number of halogens is 5. The molecule has 4 rings (SSSR count). The number of carboxylic acid groups (broad SMARTS) is 1. The van der Waals surface area contributed by atoms with Gasteiger partial charge in [-0.25, -0.2) is 0 Å². The predicted octanol–water partition coefficient (Wildman–Crippen LogP) is 4.92. The number of Topliss-reactive ketones (excluding diaryl/α,β-unsaturated/α-hetero) is 1. The van der Waals surface area contributed by atoms with Crippen molar-refractivity contribution in [3.8, 4) is 0 Å². The SMILES string of the molecule is CC1(CN(CC(=O)c2c(Cl)cncc2Cl)C(=O)C2=C[N+](C3CCC(C)(C(=O)O)CC3)=C2C(F)(F)F)CCCO1. The van der Waals surface area contributed by atoms with E-state index in [9.17, 15) is 32.7 Å². The van der Waals surface area contributed by atoms with Crippen LogP contribution in [0.25, 0.3) is 0 Å². The highest BCUT2D eigenvalue weighted by Gasteiger charge is 2.57. The molecule has 0 bridgehead atoms. The van der Waals surface area contributed by atoms with Crippen molar-refractivity contribution in [2.75, 3.05) is 19.7 Å². The topological polar surface area (TPSA) is 99.8 Å². The van der Waals surface area contributed by atoms with Gasteiger partial charge in [0.05, 0.1) is 39.7 Å². The van der Waals surface area contributed by atoms with Crippen molar-refractivity contribution in [1.82, 2.24) is 9.88 Å². The van der Waals surface area contributed by atoms with Gasteiger partial charge in [-0.05, 0) is 39.5 Å². The fourth-order valence-corrected chi connectivity index (χ4v) is 6.05. The minimum atomic E-state index is -4.84. The molecule has 1 N–H and O–H groups in total. The van der Waals surface area contributed by atoms with Crippen molar-refractivity contribution in [2.24, 2.45) is 5.41 Å². The minimum Gasteiger partial charge on any atom is -0.481 e. The highest BCUT2D eigenvalue weighted by atomic mass is 35.5. The summed E-state index contributed by atoms with van der Waals surface area (Å²) in [7, 11) is 0. The number of hydrogen-bond acceptors (Lipinski definition) is 5. The van der Waals surface area contributed by atoms with Crippen molar-refractivity contribution in [1.29, 1.82) is 0 Å². The van der Waals surface area contributed by atoms with E-state index in [-0.39, 0.29) is 47.8 Å². The molecular formula is C26H29Cl2F3N3O5+. The van der Waals surface area contributed by atoms with Crippen LogP contribution in [0.5, 0.6) is 0 Å². The molecule has 3 aliphatic rings. The molecule has 1 aliphatic carbocycles. The number of alkyl halides is 3. The second-order valence-corrected chi connectivity index (χ2v) is 11.7. The maximum absolute atomic E-state index is 14.3. The van der Waals surface area contributed by atoms with Crippen LogP contribution in [0.2, 0.25) is 10.0 Å². The molecule has 2 aliphatic heterocycles. The van der Waals surface area contributed by atoms with Crippen molar-refractivity contribution in [2.45, 2.75) is 70.2 Å². The van der Waals surface area contributed by atoms with Gasteiger partial charge < -0.3 is 14.7 Å². The van der Waals surface area contributed by atoms with Gasteiger partial charge in [0.25, 0.3) is 5.91 Å². The number of pyridine rings is 1. The summed E-state index contributed by atoms with van der Waals surface area (Å²) >= 11 is 12.2. The number of hydrogen-bond donors (Lipinski definition) is 1. The molecule has 1 aromatic rings. The number of aliphatic carboxylic acids is 1. The normalized spacial score (nSPS) is 27.2. The number of nitrogens with zero attached hydrogens (tertiary/aromatic N) is 3. The van der Waals surface area contributed by atoms with Gasteiger partial charge in [0.1, 0.15) is 0 Å². The van der Waals surface area contributed by atoms with Crippen molar-refractivity contribution in [3.63, 3.8) is 0 Å². The molecule has 0 aromatic carbocycles. The third-order valence-corrected chi connectivity index (χ3v) is 8.40. The molecule has 2 fully saturated rings.